The molecule has 1 aromatic heterocycles. The zero-order valence-corrected chi connectivity index (χ0v) is 13.0. The Balaban J connectivity index is 2.28. The molecule has 0 fully saturated rings. The lowest BCUT2D eigenvalue weighted by atomic mass is 10.0. The van der Waals surface area contributed by atoms with Crippen LogP contribution in [0.25, 0.3) is 22.5 Å². The lowest BCUT2D eigenvalue weighted by molar-refractivity contribution is 0.436. The summed E-state index contributed by atoms with van der Waals surface area (Å²) >= 11 is 9.48. The quantitative estimate of drug-likeness (QED) is 0.682. The Morgan fingerprint density at radius 1 is 1.10 bits per heavy atom. The van der Waals surface area contributed by atoms with Crippen LogP contribution < -0.4 is 5.73 Å². The number of nitrogen functional groups attached to an aromatic ring is 1. The number of nitrogens with zero attached hydrogens (tertiary/aromatic N) is 1. The summed E-state index contributed by atoms with van der Waals surface area (Å²) in [6.07, 6.45) is 0. The Hall–Kier alpha value is -1.85. The second-order valence-corrected chi connectivity index (χ2v) is 5.59. The van der Waals surface area contributed by atoms with Crippen LogP contribution in [0.3, 0.4) is 0 Å². The van der Waals surface area contributed by atoms with Crippen LogP contribution in [0, 0.1) is 5.82 Å². The summed E-state index contributed by atoms with van der Waals surface area (Å²) < 4.78 is 19.8. The van der Waals surface area contributed by atoms with Crippen LogP contribution in [-0.4, -0.2) is 5.16 Å². The van der Waals surface area contributed by atoms with Crippen molar-refractivity contribution in [2.75, 3.05) is 5.73 Å². The summed E-state index contributed by atoms with van der Waals surface area (Å²) in [4.78, 5) is 0. The number of hydrogen-bond donors (Lipinski definition) is 1. The molecule has 0 saturated heterocycles. The van der Waals surface area contributed by atoms with Crippen LogP contribution in [0.15, 0.2) is 51.5 Å². The Morgan fingerprint density at radius 3 is 2.57 bits per heavy atom. The molecule has 1 heterocycles. The summed E-state index contributed by atoms with van der Waals surface area (Å²) in [6, 6.07) is 12.0. The molecule has 0 aliphatic heterocycles. The van der Waals surface area contributed by atoms with Crippen molar-refractivity contribution in [2.24, 2.45) is 0 Å². The summed E-state index contributed by atoms with van der Waals surface area (Å²) in [6.45, 7) is 0. The number of anilines is 1. The smallest absolute Gasteiger partial charge is 0.178 e. The number of rotatable bonds is 2. The second kappa shape index (κ2) is 5.50. The highest BCUT2D eigenvalue weighted by Crippen LogP contribution is 2.42. The molecule has 0 atom stereocenters. The number of halogens is 3. The molecule has 0 spiro atoms. The zero-order chi connectivity index (χ0) is 15.0. The molecule has 3 nitrogen and oxygen atoms in total. The monoisotopic (exact) mass is 366 g/mol. The molecule has 0 unspecified atom stereocenters. The highest BCUT2D eigenvalue weighted by Gasteiger charge is 2.22. The molecular weight excluding hydrogens is 359 g/mol. The van der Waals surface area contributed by atoms with E-state index in [-0.39, 0.29) is 10.8 Å². The van der Waals surface area contributed by atoms with Crippen molar-refractivity contribution in [3.05, 3.63) is 57.8 Å². The first-order valence-electron chi connectivity index (χ1n) is 6.04. The van der Waals surface area contributed by atoms with Crippen LogP contribution in [0.1, 0.15) is 0 Å². The molecule has 0 aliphatic carbocycles. The normalized spacial score (nSPS) is 10.8. The van der Waals surface area contributed by atoms with Crippen LogP contribution in [-0.2, 0) is 0 Å². The molecule has 3 aromatic rings. The highest BCUT2D eigenvalue weighted by molar-refractivity contribution is 9.10. The van der Waals surface area contributed by atoms with Gasteiger partial charge in [0.25, 0.3) is 0 Å². The molecule has 2 N–H and O–H groups in total. The van der Waals surface area contributed by atoms with Crippen LogP contribution in [0.4, 0.5) is 10.2 Å². The molecule has 106 valence electrons. The number of aromatic nitrogens is 1. The first-order valence-corrected chi connectivity index (χ1v) is 7.21. The number of hydrogen-bond acceptors (Lipinski definition) is 3. The summed E-state index contributed by atoms with van der Waals surface area (Å²) in [5.41, 5.74) is 7.69. The average Bonchev–Trinajstić information content (AvgIpc) is 2.84. The number of benzene rings is 2. The Bertz CT molecular complexity index is 819. The van der Waals surface area contributed by atoms with Gasteiger partial charge in [0.05, 0.1) is 10.6 Å². The van der Waals surface area contributed by atoms with Gasteiger partial charge in [0.2, 0.25) is 0 Å². The maximum atomic E-state index is 13.7. The van der Waals surface area contributed by atoms with Gasteiger partial charge in [-0.1, -0.05) is 57.0 Å². The fourth-order valence-corrected chi connectivity index (χ4v) is 2.78. The van der Waals surface area contributed by atoms with E-state index in [1.165, 1.54) is 6.07 Å². The first kappa shape index (κ1) is 14.1. The summed E-state index contributed by atoms with van der Waals surface area (Å²) in [5, 5.41) is 3.76. The lowest BCUT2D eigenvalue weighted by Crippen LogP contribution is -1.90. The molecule has 6 heteroatoms. The van der Waals surface area contributed by atoms with Gasteiger partial charge in [-0.2, -0.15) is 0 Å². The van der Waals surface area contributed by atoms with Gasteiger partial charge in [0.1, 0.15) is 5.82 Å². The van der Waals surface area contributed by atoms with Gasteiger partial charge in [0.15, 0.2) is 11.6 Å². The fourth-order valence-electron chi connectivity index (χ4n) is 2.09. The SMILES string of the molecule is Nc1noc(-c2cccc(F)c2Cl)c1-c1ccccc1Br. The van der Waals surface area contributed by atoms with E-state index in [0.717, 1.165) is 10.0 Å². The van der Waals surface area contributed by atoms with E-state index in [0.29, 0.717) is 16.9 Å². The molecule has 3 rings (SSSR count). The maximum Gasteiger partial charge on any atom is 0.178 e. The molecule has 0 aliphatic rings. The number of nitrogens with two attached hydrogens (primary N) is 1. The highest BCUT2D eigenvalue weighted by atomic mass is 79.9. The van der Waals surface area contributed by atoms with E-state index in [1.807, 2.05) is 24.3 Å². The Morgan fingerprint density at radius 2 is 1.81 bits per heavy atom. The third-order valence-electron chi connectivity index (χ3n) is 3.06. The van der Waals surface area contributed by atoms with Gasteiger partial charge in [-0.25, -0.2) is 4.39 Å². The topological polar surface area (TPSA) is 52.0 Å². The van der Waals surface area contributed by atoms with Crippen molar-refractivity contribution < 1.29 is 8.91 Å². The second-order valence-electron chi connectivity index (χ2n) is 4.35. The van der Waals surface area contributed by atoms with E-state index >= 15 is 0 Å². The van der Waals surface area contributed by atoms with Crippen molar-refractivity contribution >= 4 is 33.3 Å². The van der Waals surface area contributed by atoms with E-state index in [9.17, 15) is 4.39 Å². The maximum absolute atomic E-state index is 13.7. The minimum Gasteiger partial charge on any atom is -0.380 e. The standard InChI is InChI=1S/C15H9BrClFN2O/c16-10-6-2-1-4-8(10)12-14(21-20-15(12)19)9-5-3-7-11(18)13(9)17/h1-7H,(H2,19,20). The van der Waals surface area contributed by atoms with Gasteiger partial charge < -0.3 is 10.3 Å². The Kier molecular flexibility index (Phi) is 3.69. The largest absolute Gasteiger partial charge is 0.380 e. The van der Waals surface area contributed by atoms with Crippen molar-refractivity contribution in [1.82, 2.24) is 5.16 Å². The van der Waals surface area contributed by atoms with Crippen molar-refractivity contribution in [1.29, 1.82) is 0 Å². The molecule has 0 radical (unpaired) electrons. The van der Waals surface area contributed by atoms with Crippen LogP contribution >= 0.6 is 27.5 Å². The fraction of sp³-hybridized carbons (Fsp3) is 0. The van der Waals surface area contributed by atoms with Gasteiger partial charge in [-0.05, 0) is 18.2 Å². The molecule has 0 bridgehead atoms. The zero-order valence-electron chi connectivity index (χ0n) is 10.6. The van der Waals surface area contributed by atoms with Gasteiger partial charge in [-0.3, -0.25) is 0 Å². The van der Waals surface area contributed by atoms with Crippen LogP contribution in [0.2, 0.25) is 5.02 Å². The molecular formula is C15H9BrClFN2O. The summed E-state index contributed by atoms with van der Waals surface area (Å²) in [7, 11) is 0. The molecule has 21 heavy (non-hydrogen) atoms. The van der Waals surface area contributed by atoms with E-state index in [1.54, 1.807) is 12.1 Å². The molecule has 2 aromatic carbocycles. The van der Waals surface area contributed by atoms with Gasteiger partial charge in [0, 0.05) is 15.6 Å². The van der Waals surface area contributed by atoms with E-state index < -0.39 is 5.82 Å². The Labute approximate surface area is 133 Å². The van der Waals surface area contributed by atoms with Crippen molar-refractivity contribution in [2.45, 2.75) is 0 Å². The van der Waals surface area contributed by atoms with Gasteiger partial charge >= 0.3 is 0 Å². The van der Waals surface area contributed by atoms with E-state index in [2.05, 4.69) is 21.1 Å². The third-order valence-corrected chi connectivity index (χ3v) is 4.13. The summed E-state index contributed by atoms with van der Waals surface area (Å²) in [5.74, 6) is 0.0309. The molecule has 0 saturated carbocycles. The average molecular weight is 368 g/mol. The first-order chi connectivity index (χ1) is 10.1. The van der Waals surface area contributed by atoms with Crippen LogP contribution in [0.5, 0.6) is 0 Å². The van der Waals surface area contributed by atoms with Crippen molar-refractivity contribution in [3.8, 4) is 22.5 Å². The van der Waals surface area contributed by atoms with E-state index in [4.69, 9.17) is 21.9 Å². The lowest BCUT2D eigenvalue weighted by Gasteiger charge is -2.06. The van der Waals surface area contributed by atoms with Gasteiger partial charge in [-0.15, -0.1) is 0 Å². The predicted molar refractivity (Wildman–Crippen MR) is 84.5 cm³/mol. The minimum absolute atomic E-state index is 0.0260. The predicted octanol–water partition coefficient (Wildman–Crippen LogP) is 5.15. The molecule has 0 amide bonds. The minimum atomic E-state index is -0.526. The third kappa shape index (κ3) is 2.43. The van der Waals surface area contributed by atoms with Crippen molar-refractivity contribution in [3.63, 3.8) is 0 Å².